The van der Waals surface area contributed by atoms with Crippen molar-refractivity contribution in [3.8, 4) is 5.75 Å². The van der Waals surface area contributed by atoms with Gasteiger partial charge >= 0.3 is 0 Å². The summed E-state index contributed by atoms with van der Waals surface area (Å²) < 4.78 is 8.77. The first-order chi connectivity index (χ1) is 8.63. The normalized spacial score (nSPS) is 10.8. The summed E-state index contributed by atoms with van der Waals surface area (Å²) in [7, 11) is 2.04. The van der Waals surface area contributed by atoms with E-state index in [0.29, 0.717) is 0 Å². The van der Waals surface area contributed by atoms with E-state index in [1.807, 2.05) is 20.0 Å². The second-order valence-corrected chi connectivity index (χ2v) is 5.04. The summed E-state index contributed by atoms with van der Waals surface area (Å²) in [5.41, 5.74) is 2.26. The lowest BCUT2D eigenvalue weighted by Crippen LogP contribution is -1.99. The van der Waals surface area contributed by atoms with Crippen molar-refractivity contribution in [2.45, 2.75) is 26.7 Å². The van der Waals surface area contributed by atoms with E-state index in [1.165, 1.54) is 0 Å². The Morgan fingerprint density at radius 2 is 2.11 bits per heavy atom. The van der Waals surface area contributed by atoms with Gasteiger partial charge in [-0.15, -0.1) is 0 Å². The maximum atomic E-state index is 5.73. The van der Waals surface area contributed by atoms with Gasteiger partial charge in [-0.25, -0.2) is 0 Å². The lowest BCUT2D eigenvalue weighted by atomic mass is 10.1. The van der Waals surface area contributed by atoms with Crippen molar-refractivity contribution in [1.82, 2.24) is 4.57 Å². The highest BCUT2D eigenvalue weighted by Gasteiger charge is 2.03. The van der Waals surface area contributed by atoms with Crippen molar-refractivity contribution in [3.63, 3.8) is 0 Å². The summed E-state index contributed by atoms with van der Waals surface area (Å²) in [6, 6.07) is 6.14. The van der Waals surface area contributed by atoms with Crippen molar-refractivity contribution in [2.75, 3.05) is 6.61 Å². The molecular weight excluding hydrogens is 242 g/mol. The Labute approximate surface area is 113 Å². The van der Waals surface area contributed by atoms with Crippen molar-refractivity contribution in [3.05, 3.63) is 34.5 Å². The first-order valence-corrected chi connectivity index (χ1v) is 6.77. The van der Waals surface area contributed by atoms with Gasteiger partial charge in [-0.05, 0) is 31.0 Å². The highest BCUT2D eigenvalue weighted by Crippen LogP contribution is 2.23. The predicted molar refractivity (Wildman–Crippen MR) is 78.9 cm³/mol. The van der Waals surface area contributed by atoms with Gasteiger partial charge in [0.05, 0.1) is 16.6 Å². The van der Waals surface area contributed by atoms with Gasteiger partial charge in [-0.2, -0.15) is 0 Å². The van der Waals surface area contributed by atoms with Crippen LogP contribution in [0.4, 0.5) is 0 Å². The summed E-state index contributed by atoms with van der Waals surface area (Å²) in [6.45, 7) is 4.99. The van der Waals surface area contributed by atoms with Crippen LogP contribution in [-0.4, -0.2) is 11.2 Å². The van der Waals surface area contributed by atoms with Crippen molar-refractivity contribution < 1.29 is 4.74 Å². The molecule has 0 spiro atoms. The van der Waals surface area contributed by atoms with E-state index >= 15 is 0 Å². The van der Waals surface area contributed by atoms with Crippen LogP contribution in [0.25, 0.3) is 10.9 Å². The van der Waals surface area contributed by atoms with E-state index in [1.54, 1.807) is 0 Å². The lowest BCUT2D eigenvalue weighted by Gasteiger charge is -2.11. The molecule has 1 heterocycles. The fraction of sp³-hybridized carbons (Fsp3) is 0.400. The van der Waals surface area contributed by atoms with Crippen LogP contribution < -0.4 is 4.74 Å². The summed E-state index contributed by atoms with van der Waals surface area (Å²) in [5.74, 6) is 0.921. The number of aromatic nitrogens is 1. The quantitative estimate of drug-likeness (QED) is 0.598. The number of nitrogens with zero attached hydrogens (tertiary/aromatic N) is 1. The third-order valence-corrected chi connectivity index (χ3v) is 3.65. The lowest BCUT2D eigenvalue weighted by molar-refractivity contribution is 0.309. The molecule has 2 aromatic rings. The first-order valence-electron chi connectivity index (χ1n) is 6.36. The molecule has 0 fully saturated rings. The van der Waals surface area contributed by atoms with Crippen LogP contribution in [0, 0.1) is 11.4 Å². The molecule has 1 aromatic carbocycles. The van der Waals surface area contributed by atoms with Gasteiger partial charge in [0.1, 0.15) is 5.75 Å². The molecule has 0 aliphatic heterocycles. The Morgan fingerprint density at radius 3 is 2.83 bits per heavy atom. The number of pyridine rings is 1. The van der Waals surface area contributed by atoms with Gasteiger partial charge in [0.25, 0.3) is 0 Å². The van der Waals surface area contributed by atoms with Gasteiger partial charge in [-0.3, -0.25) is 0 Å². The van der Waals surface area contributed by atoms with Crippen LogP contribution in [0.3, 0.4) is 0 Å². The van der Waals surface area contributed by atoms with E-state index < -0.39 is 0 Å². The fourth-order valence-electron chi connectivity index (χ4n) is 2.05. The second kappa shape index (κ2) is 5.53. The van der Waals surface area contributed by atoms with E-state index in [9.17, 15) is 0 Å². The van der Waals surface area contributed by atoms with Crippen LogP contribution in [0.2, 0.25) is 0 Å². The average Bonchev–Trinajstić information content (AvgIpc) is 2.36. The van der Waals surface area contributed by atoms with Crippen LogP contribution in [0.5, 0.6) is 5.75 Å². The molecule has 0 saturated heterocycles. The summed E-state index contributed by atoms with van der Waals surface area (Å²) in [5, 5.41) is 1.12. The molecule has 18 heavy (non-hydrogen) atoms. The standard InChI is InChI=1S/C15H19NOS/c1-4-5-8-17-12-6-7-13-14(9-12)16(3)10-11(2)15(13)18/h6-7,9-10H,4-5,8H2,1-3H3. The maximum absolute atomic E-state index is 5.73. The molecule has 0 amide bonds. The van der Waals surface area contributed by atoms with Crippen LogP contribution in [0.1, 0.15) is 25.3 Å². The zero-order valence-electron chi connectivity index (χ0n) is 11.2. The Morgan fingerprint density at radius 1 is 1.33 bits per heavy atom. The molecule has 0 radical (unpaired) electrons. The molecule has 0 bridgehead atoms. The number of ether oxygens (including phenoxy) is 1. The Balaban J connectivity index is 2.42. The van der Waals surface area contributed by atoms with Gasteiger partial charge in [0.15, 0.2) is 0 Å². The molecule has 3 heteroatoms. The molecule has 0 N–H and O–H groups in total. The molecule has 0 unspecified atom stereocenters. The first kappa shape index (κ1) is 13.1. The minimum Gasteiger partial charge on any atom is -0.494 e. The Bertz CT molecular complexity index is 616. The largest absolute Gasteiger partial charge is 0.494 e. The molecule has 0 aliphatic rings. The highest BCUT2D eigenvalue weighted by atomic mass is 32.1. The smallest absolute Gasteiger partial charge is 0.121 e. The van der Waals surface area contributed by atoms with Crippen LogP contribution in [-0.2, 0) is 7.05 Å². The van der Waals surface area contributed by atoms with E-state index in [0.717, 1.165) is 46.2 Å². The van der Waals surface area contributed by atoms with Crippen molar-refractivity contribution >= 4 is 23.1 Å². The minimum atomic E-state index is 0.776. The fourth-order valence-corrected chi connectivity index (χ4v) is 2.28. The zero-order valence-corrected chi connectivity index (χ0v) is 12.0. The third-order valence-electron chi connectivity index (χ3n) is 3.11. The maximum Gasteiger partial charge on any atom is 0.121 e. The number of unbranched alkanes of at least 4 members (excludes halogenated alkanes) is 1. The third kappa shape index (κ3) is 2.56. The van der Waals surface area contributed by atoms with Crippen LogP contribution in [0.15, 0.2) is 24.4 Å². The highest BCUT2D eigenvalue weighted by molar-refractivity contribution is 7.71. The van der Waals surface area contributed by atoms with Gasteiger partial charge in [-0.1, -0.05) is 25.6 Å². The molecule has 0 aliphatic carbocycles. The number of hydrogen-bond donors (Lipinski definition) is 0. The molecule has 0 atom stereocenters. The summed E-state index contributed by atoms with van der Waals surface area (Å²) >= 11 is 5.45. The molecule has 96 valence electrons. The van der Waals surface area contributed by atoms with E-state index in [4.69, 9.17) is 17.0 Å². The number of benzene rings is 1. The number of aryl methyl sites for hydroxylation is 2. The van der Waals surface area contributed by atoms with Gasteiger partial charge in [0.2, 0.25) is 0 Å². The molecule has 1 aromatic heterocycles. The number of hydrogen-bond acceptors (Lipinski definition) is 2. The van der Waals surface area contributed by atoms with Crippen molar-refractivity contribution in [2.24, 2.45) is 7.05 Å². The number of fused-ring (bicyclic) bond motifs is 1. The Kier molecular flexibility index (Phi) is 4.02. The van der Waals surface area contributed by atoms with Gasteiger partial charge in [0, 0.05) is 24.7 Å². The molecule has 0 saturated carbocycles. The van der Waals surface area contributed by atoms with E-state index in [-0.39, 0.29) is 0 Å². The average molecular weight is 261 g/mol. The van der Waals surface area contributed by atoms with Crippen LogP contribution >= 0.6 is 12.2 Å². The van der Waals surface area contributed by atoms with Gasteiger partial charge < -0.3 is 9.30 Å². The van der Waals surface area contributed by atoms with E-state index in [2.05, 4.69) is 29.8 Å². The minimum absolute atomic E-state index is 0.776. The molecule has 2 rings (SSSR count). The second-order valence-electron chi connectivity index (χ2n) is 4.63. The molecular formula is C15H19NOS. The molecule has 2 nitrogen and oxygen atoms in total. The number of rotatable bonds is 4. The zero-order chi connectivity index (χ0) is 13.1. The SMILES string of the molecule is CCCCOc1ccc2c(=S)c(C)cn(C)c2c1. The monoisotopic (exact) mass is 261 g/mol. The predicted octanol–water partition coefficient (Wildman–Crippen LogP) is 4.40. The topological polar surface area (TPSA) is 14.2 Å². The summed E-state index contributed by atoms with van der Waals surface area (Å²) in [6.07, 6.45) is 4.31. The Hall–Kier alpha value is -1.35. The summed E-state index contributed by atoms with van der Waals surface area (Å²) in [4.78, 5) is 0. The van der Waals surface area contributed by atoms with Crippen molar-refractivity contribution in [1.29, 1.82) is 0 Å².